The molecule has 0 aliphatic carbocycles. The van der Waals surface area contributed by atoms with E-state index in [9.17, 15) is 10.1 Å². The first-order valence-electron chi connectivity index (χ1n) is 6.56. The average molecular weight is 306 g/mol. The zero-order valence-corrected chi connectivity index (χ0v) is 12.9. The van der Waals surface area contributed by atoms with E-state index in [4.69, 9.17) is 9.47 Å². The van der Waals surface area contributed by atoms with Gasteiger partial charge >= 0.3 is 5.82 Å². The van der Waals surface area contributed by atoms with Gasteiger partial charge in [0.2, 0.25) is 12.1 Å². The highest BCUT2D eigenvalue weighted by Gasteiger charge is 2.24. The molecule has 0 aliphatic heterocycles. The summed E-state index contributed by atoms with van der Waals surface area (Å²) in [7, 11) is 6.61. The average Bonchev–Trinajstić information content (AvgIpc) is 2.88. The highest BCUT2D eigenvalue weighted by molar-refractivity contribution is 5.56. The van der Waals surface area contributed by atoms with E-state index in [0.29, 0.717) is 23.9 Å². The van der Waals surface area contributed by atoms with Gasteiger partial charge < -0.3 is 24.5 Å². The van der Waals surface area contributed by atoms with Crippen LogP contribution in [0.4, 0.5) is 11.6 Å². The number of anilines is 1. The van der Waals surface area contributed by atoms with Crippen molar-refractivity contribution >= 4 is 11.6 Å². The quantitative estimate of drug-likeness (QED) is 0.599. The van der Waals surface area contributed by atoms with Gasteiger partial charge in [-0.1, -0.05) is 12.1 Å². The third-order valence-corrected chi connectivity index (χ3v) is 3.31. The fourth-order valence-corrected chi connectivity index (χ4v) is 2.39. The zero-order valence-electron chi connectivity index (χ0n) is 12.9. The zero-order chi connectivity index (χ0) is 16.3. The number of aryl methyl sites for hydroxylation is 1. The van der Waals surface area contributed by atoms with Crippen LogP contribution in [0.5, 0.6) is 11.5 Å². The summed E-state index contributed by atoms with van der Waals surface area (Å²) < 4.78 is 12.3. The Labute approximate surface area is 128 Å². The van der Waals surface area contributed by atoms with E-state index in [0.717, 1.165) is 5.56 Å². The molecule has 0 amide bonds. The molecule has 1 aromatic carbocycles. The Kier molecular flexibility index (Phi) is 4.50. The number of rotatable bonds is 6. The van der Waals surface area contributed by atoms with Gasteiger partial charge in [0.15, 0.2) is 11.5 Å². The van der Waals surface area contributed by atoms with Crippen LogP contribution < -0.4 is 14.4 Å². The second kappa shape index (κ2) is 6.33. The molecular weight excluding hydrogens is 288 g/mol. The lowest BCUT2D eigenvalue weighted by molar-refractivity contribution is -0.388. The number of methoxy groups -OCH3 is 2. The lowest BCUT2D eigenvalue weighted by atomic mass is 10.1. The van der Waals surface area contributed by atoms with E-state index in [1.807, 2.05) is 12.1 Å². The van der Waals surface area contributed by atoms with E-state index in [1.165, 1.54) is 6.33 Å². The number of ether oxygens (including phenoxy) is 2. The van der Waals surface area contributed by atoms with Crippen molar-refractivity contribution in [1.29, 1.82) is 0 Å². The number of para-hydroxylation sites is 1. The maximum absolute atomic E-state index is 11.1. The predicted octanol–water partition coefficient (Wildman–Crippen LogP) is 1.98. The Morgan fingerprint density at radius 2 is 2.09 bits per heavy atom. The SMILES string of the molecule is COc1cccc(CN(C)c2c([N+](=O)[O-])ncn2C)c1OC. The van der Waals surface area contributed by atoms with Gasteiger partial charge in [-0.3, -0.25) is 4.57 Å². The molecule has 22 heavy (non-hydrogen) atoms. The van der Waals surface area contributed by atoms with Crippen LogP contribution in [0, 0.1) is 10.1 Å². The maximum atomic E-state index is 11.1. The number of aromatic nitrogens is 2. The van der Waals surface area contributed by atoms with Gasteiger partial charge in [0.25, 0.3) is 0 Å². The van der Waals surface area contributed by atoms with E-state index in [-0.39, 0.29) is 5.82 Å². The number of imidazole rings is 1. The van der Waals surface area contributed by atoms with Crippen LogP contribution in [0.25, 0.3) is 0 Å². The molecule has 0 atom stereocenters. The Hall–Kier alpha value is -2.77. The van der Waals surface area contributed by atoms with E-state index in [1.54, 1.807) is 43.8 Å². The molecule has 0 saturated heterocycles. The standard InChI is InChI=1S/C14H18N4O4/c1-16(14-13(18(19)20)15-9-17(14)2)8-10-6-5-7-11(21-3)12(10)22-4/h5-7,9H,8H2,1-4H3. The summed E-state index contributed by atoms with van der Waals surface area (Å²) in [6.45, 7) is 0.417. The maximum Gasteiger partial charge on any atom is 0.406 e. The lowest BCUT2D eigenvalue weighted by Gasteiger charge is -2.20. The first-order chi connectivity index (χ1) is 10.5. The predicted molar refractivity (Wildman–Crippen MR) is 81.5 cm³/mol. The van der Waals surface area contributed by atoms with Crippen molar-refractivity contribution in [3.05, 3.63) is 40.2 Å². The van der Waals surface area contributed by atoms with Crippen LogP contribution in [-0.2, 0) is 13.6 Å². The highest BCUT2D eigenvalue weighted by atomic mass is 16.6. The van der Waals surface area contributed by atoms with Gasteiger partial charge in [-0.15, -0.1) is 0 Å². The van der Waals surface area contributed by atoms with Crippen LogP contribution in [-0.4, -0.2) is 35.7 Å². The number of nitrogens with zero attached hydrogens (tertiary/aromatic N) is 4. The largest absolute Gasteiger partial charge is 0.493 e. The second-order valence-corrected chi connectivity index (χ2v) is 4.77. The monoisotopic (exact) mass is 306 g/mol. The Bertz CT molecular complexity index is 683. The van der Waals surface area contributed by atoms with Crippen molar-refractivity contribution in [2.45, 2.75) is 6.54 Å². The second-order valence-electron chi connectivity index (χ2n) is 4.77. The van der Waals surface area contributed by atoms with Crippen molar-refractivity contribution in [3.8, 4) is 11.5 Å². The minimum atomic E-state index is -0.491. The Morgan fingerprint density at radius 1 is 1.36 bits per heavy atom. The summed E-state index contributed by atoms with van der Waals surface area (Å²) >= 11 is 0. The Balaban J connectivity index is 2.36. The van der Waals surface area contributed by atoms with Crippen LogP contribution in [0.2, 0.25) is 0 Å². The molecule has 0 spiro atoms. The van der Waals surface area contributed by atoms with Crippen LogP contribution in [0.3, 0.4) is 0 Å². The van der Waals surface area contributed by atoms with Crippen molar-refractivity contribution < 1.29 is 14.4 Å². The fraction of sp³-hybridized carbons (Fsp3) is 0.357. The molecular formula is C14H18N4O4. The minimum Gasteiger partial charge on any atom is -0.493 e. The van der Waals surface area contributed by atoms with Gasteiger partial charge in [0, 0.05) is 26.2 Å². The molecule has 8 nitrogen and oxygen atoms in total. The van der Waals surface area contributed by atoms with Gasteiger partial charge in [-0.25, -0.2) is 0 Å². The van der Waals surface area contributed by atoms with E-state index < -0.39 is 4.92 Å². The molecule has 0 aliphatic rings. The van der Waals surface area contributed by atoms with Crippen molar-refractivity contribution in [1.82, 2.24) is 9.55 Å². The van der Waals surface area contributed by atoms with E-state index >= 15 is 0 Å². The molecule has 1 aromatic heterocycles. The summed E-state index contributed by atoms with van der Waals surface area (Å²) in [5.41, 5.74) is 0.861. The molecule has 0 radical (unpaired) electrons. The summed E-state index contributed by atoms with van der Waals surface area (Å²) in [6, 6.07) is 5.54. The van der Waals surface area contributed by atoms with Gasteiger partial charge in [-0.05, 0) is 16.0 Å². The van der Waals surface area contributed by atoms with Crippen molar-refractivity contribution in [2.24, 2.45) is 7.05 Å². The molecule has 0 bridgehead atoms. The summed E-state index contributed by atoms with van der Waals surface area (Å²) in [5.74, 6) is 1.48. The molecule has 118 valence electrons. The van der Waals surface area contributed by atoms with Crippen LogP contribution in [0.15, 0.2) is 24.5 Å². The van der Waals surface area contributed by atoms with Crippen LogP contribution >= 0.6 is 0 Å². The van der Waals surface area contributed by atoms with Gasteiger partial charge in [-0.2, -0.15) is 0 Å². The normalized spacial score (nSPS) is 10.4. The third-order valence-electron chi connectivity index (χ3n) is 3.31. The number of hydrogen-bond donors (Lipinski definition) is 0. The fourth-order valence-electron chi connectivity index (χ4n) is 2.39. The van der Waals surface area contributed by atoms with Gasteiger partial charge in [0.1, 0.15) is 0 Å². The molecule has 1 heterocycles. The smallest absolute Gasteiger partial charge is 0.406 e. The molecule has 0 saturated carbocycles. The molecule has 2 rings (SSSR count). The molecule has 0 N–H and O–H groups in total. The summed E-state index contributed by atoms with van der Waals surface area (Å²) in [4.78, 5) is 16.2. The number of nitro groups is 1. The van der Waals surface area contributed by atoms with Crippen molar-refractivity contribution in [2.75, 3.05) is 26.2 Å². The summed E-state index contributed by atoms with van der Waals surface area (Å²) in [5, 5.41) is 11.1. The topological polar surface area (TPSA) is 82.7 Å². The van der Waals surface area contributed by atoms with Gasteiger partial charge in [0.05, 0.1) is 14.2 Å². The molecule has 0 unspecified atom stereocenters. The highest BCUT2D eigenvalue weighted by Crippen LogP contribution is 2.33. The number of hydrogen-bond acceptors (Lipinski definition) is 6. The van der Waals surface area contributed by atoms with Crippen LogP contribution in [0.1, 0.15) is 5.56 Å². The molecule has 2 aromatic rings. The first-order valence-corrected chi connectivity index (χ1v) is 6.56. The lowest BCUT2D eigenvalue weighted by Crippen LogP contribution is -2.20. The van der Waals surface area contributed by atoms with Crippen molar-refractivity contribution in [3.63, 3.8) is 0 Å². The Morgan fingerprint density at radius 3 is 2.68 bits per heavy atom. The molecule has 8 heteroatoms. The van der Waals surface area contributed by atoms with E-state index in [2.05, 4.69) is 4.98 Å². The third kappa shape index (κ3) is 2.80. The minimum absolute atomic E-state index is 0.174. The first kappa shape index (κ1) is 15.6. The molecule has 0 fully saturated rings. The number of benzene rings is 1. The summed E-state index contributed by atoms with van der Waals surface area (Å²) in [6.07, 6.45) is 1.42.